The highest BCUT2D eigenvalue weighted by Gasteiger charge is 2.10. The fourth-order valence-corrected chi connectivity index (χ4v) is 3.87. The summed E-state index contributed by atoms with van der Waals surface area (Å²) in [6.45, 7) is 4.40. The van der Waals surface area contributed by atoms with Crippen LogP contribution >= 0.6 is 0 Å². The Kier molecular flexibility index (Phi) is 5.59. The third-order valence-electron chi connectivity index (χ3n) is 4.82. The van der Waals surface area contributed by atoms with E-state index in [4.69, 9.17) is 4.74 Å². The summed E-state index contributed by atoms with van der Waals surface area (Å²) in [6, 6.07) is 25.4. The number of rotatable bonds is 8. The first kappa shape index (κ1) is 19.8. The zero-order chi connectivity index (χ0) is 21.0. The van der Waals surface area contributed by atoms with Gasteiger partial charge in [-0.3, -0.25) is 4.72 Å². The first-order chi connectivity index (χ1) is 14.5. The van der Waals surface area contributed by atoms with Gasteiger partial charge in [0.05, 0.1) is 5.69 Å². The van der Waals surface area contributed by atoms with Crippen molar-refractivity contribution in [2.45, 2.75) is 13.2 Å². The highest BCUT2D eigenvalue weighted by atomic mass is 32.2. The molecule has 0 bridgehead atoms. The van der Waals surface area contributed by atoms with E-state index in [0.29, 0.717) is 18.8 Å². The minimum absolute atomic E-state index is 0.518. The van der Waals surface area contributed by atoms with Gasteiger partial charge in [-0.05, 0) is 41.5 Å². The average Bonchev–Trinajstić information content (AvgIpc) is 3.16. The number of para-hydroxylation sites is 1. The molecule has 6 heteroatoms. The largest absolute Gasteiger partial charge is 0.489 e. The predicted octanol–water partition coefficient (Wildman–Crippen LogP) is 5.15. The van der Waals surface area contributed by atoms with Crippen LogP contribution in [0.2, 0.25) is 0 Å². The van der Waals surface area contributed by atoms with Crippen LogP contribution in [0.25, 0.3) is 10.9 Å². The van der Waals surface area contributed by atoms with Crippen LogP contribution in [0.5, 0.6) is 5.75 Å². The minimum atomic E-state index is -3.56. The summed E-state index contributed by atoms with van der Waals surface area (Å²) < 4.78 is 34.3. The van der Waals surface area contributed by atoms with E-state index in [1.54, 1.807) is 12.1 Å². The molecule has 0 aliphatic carbocycles. The first-order valence-electron chi connectivity index (χ1n) is 9.53. The van der Waals surface area contributed by atoms with Gasteiger partial charge >= 0.3 is 0 Å². The van der Waals surface area contributed by atoms with Crippen LogP contribution in [0.1, 0.15) is 11.1 Å². The maximum Gasteiger partial charge on any atom is 0.254 e. The second-order valence-electron chi connectivity index (χ2n) is 6.91. The fraction of sp³-hybridized carbons (Fsp3) is 0.0833. The van der Waals surface area contributed by atoms with Gasteiger partial charge in [0.15, 0.2) is 0 Å². The number of aromatic nitrogens is 1. The van der Waals surface area contributed by atoms with Crippen LogP contribution in [-0.2, 0) is 23.2 Å². The second kappa shape index (κ2) is 8.47. The first-order valence-corrected chi connectivity index (χ1v) is 11.1. The second-order valence-corrected chi connectivity index (χ2v) is 8.54. The summed E-state index contributed by atoms with van der Waals surface area (Å²) >= 11 is 0. The third kappa shape index (κ3) is 4.55. The fourth-order valence-electron chi connectivity index (χ4n) is 3.28. The number of benzene rings is 3. The van der Waals surface area contributed by atoms with Crippen LogP contribution in [-0.4, -0.2) is 13.0 Å². The third-order valence-corrected chi connectivity index (χ3v) is 5.76. The maximum absolute atomic E-state index is 11.9. The molecule has 152 valence electrons. The normalized spacial score (nSPS) is 11.3. The van der Waals surface area contributed by atoms with Crippen molar-refractivity contribution in [2.24, 2.45) is 0 Å². The van der Waals surface area contributed by atoms with E-state index in [-0.39, 0.29) is 0 Å². The van der Waals surface area contributed by atoms with E-state index in [0.717, 1.165) is 33.2 Å². The number of sulfonamides is 1. The Labute approximate surface area is 176 Å². The average molecular weight is 419 g/mol. The molecule has 0 saturated heterocycles. The van der Waals surface area contributed by atoms with E-state index in [1.807, 2.05) is 72.9 Å². The van der Waals surface area contributed by atoms with Crippen LogP contribution in [0, 0.1) is 0 Å². The summed E-state index contributed by atoms with van der Waals surface area (Å²) in [5.74, 6) is 0.809. The van der Waals surface area contributed by atoms with Crippen molar-refractivity contribution in [2.75, 3.05) is 4.72 Å². The molecule has 30 heavy (non-hydrogen) atoms. The molecule has 0 fully saturated rings. The number of hydrogen-bond acceptors (Lipinski definition) is 3. The molecule has 1 N–H and O–H groups in total. The Morgan fingerprint density at radius 2 is 1.73 bits per heavy atom. The van der Waals surface area contributed by atoms with Crippen molar-refractivity contribution in [1.82, 2.24) is 4.57 Å². The lowest BCUT2D eigenvalue weighted by Gasteiger charge is -2.13. The molecule has 0 aliphatic rings. The lowest BCUT2D eigenvalue weighted by molar-refractivity contribution is 0.306. The Morgan fingerprint density at radius 1 is 0.967 bits per heavy atom. The number of hydrogen-bond donors (Lipinski definition) is 1. The van der Waals surface area contributed by atoms with Crippen LogP contribution in [0.3, 0.4) is 0 Å². The molecular formula is C24H22N2O3S. The molecule has 1 aromatic heterocycles. The Bertz CT molecular complexity index is 1280. The smallest absolute Gasteiger partial charge is 0.254 e. The summed E-state index contributed by atoms with van der Waals surface area (Å²) in [5.41, 5.74) is 3.57. The molecule has 4 aromatic rings. The van der Waals surface area contributed by atoms with Crippen molar-refractivity contribution in [3.05, 3.63) is 108 Å². The highest BCUT2D eigenvalue weighted by Crippen LogP contribution is 2.25. The van der Waals surface area contributed by atoms with Gasteiger partial charge in [-0.25, -0.2) is 8.42 Å². The van der Waals surface area contributed by atoms with Crippen molar-refractivity contribution >= 4 is 26.6 Å². The molecule has 0 aliphatic heterocycles. The predicted molar refractivity (Wildman–Crippen MR) is 121 cm³/mol. The van der Waals surface area contributed by atoms with Gasteiger partial charge in [-0.15, -0.1) is 0 Å². The van der Waals surface area contributed by atoms with Gasteiger partial charge in [0.2, 0.25) is 0 Å². The topological polar surface area (TPSA) is 60.3 Å². The molecule has 0 saturated carbocycles. The van der Waals surface area contributed by atoms with Gasteiger partial charge in [0, 0.05) is 29.1 Å². The Hall–Kier alpha value is -3.51. The SMILES string of the molecule is C=CS(=O)(=O)Nc1ccccc1Cn1ccc2cc(OCc3ccccc3)ccc21. The summed E-state index contributed by atoms with van der Waals surface area (Å²) in [7, 11) is -3.56. The summed E-state index contributed by atoms with van der Waals surface area (Å²) in [5, 5.41) is 1.97. The number of fused-ring (bicyclic) bond motifs is 1. The zero-order valence-corrected chi connectivity index (χ0v) is 17.2. The molecule has 4 rings (SSSR count). The van der Waals surface area contributed by atoms with E-state index >= 15 is 0 Å². The van der Waals surface area contributed by atoms with Crippen molar-refractivity contribution in [3.63, 3.8) is 0 Å². The molecular weight excluding hydrogens is 396 g/mol. The summed E-state index contributed by atoms with van der Waals surface area (Å²) in [6.07, 6.45) is 1.99. The zero-order valence-electron chi connectivity index (χ0n) is 16.4. The number of nitrogens with zero attached hydrogens (tertiary/aromatic N) is 1. The van der Waals surface area contributed by atoms with Crippen LogP contribution in [0.15, 0.2) is 97.0 Å². The van der Waals surface area contributed by atoms with Gasteiger partial charge in [-0.2, -0.15) is 0 Å². The molecule has 1 heterocycles. The van der Waals surface area contributed by atoms with Gasteiger partial charge in [-0.1, -0.05) is 55.1 Å². The van der Waals surface area contributed by atoms with Gasteiger partial charge in [0.1, 0.15) is 12.4 Å². The van der Waals surface area contributed by atoms with E-state index in [2.05, 4.69) is 15.9 Å². The molecule has 0 amide bonds. The Balaban J connectivity index is 1.54. The van der Waals surface area contributed by atoms with Crippen molar-refractivity contribution < 1.29 is 13.2 Å². The van der Waals surface area contributed by atoms with Crippen LogP contribution in [0.4, 0.5) is 5.69 Å². The van der Waals surface area contributed by atoms with Gasteiger partial charge < -0.3 is 9.30 Å². The van der Waals surface area contributed by atoms with Crippen molar-refractivity contribution in [3.8, 4) is 5.75 Å². The monoisotopic (exact) mass is 418 g/mol. The van der Waals surface area contributed by atoms with E-state index in [1.165, 1.54) is 0 Å². The number of ether oxygens (including phenoxy) is 1. The van der Waals surface area contributed by atoms with Crippen LogP contribution < -0.4 is 9.46 Å². The lowest BCUT2D eigenvalue weighted by atomic mass is 10.2. The quantitative estimate of drug-likeness (QED) is 0.430. The van der Waals surface area contributed by atoms with Gasteiger partial charge in [0.25, 0.3) is 10.0 Å². The van der Waals surface area contributed by atoms with E-state index in [9.17, 15) is 8.42 Å². The molecule has 5 nitrogen and oxygen atoms in total. The van der Waals surface area contributed by atoms with E-state index < -0.39 is 10.0 Å². The molecule has 0 atom stereocenters. The van der Waals surface area contributed by atoms with Crippen molar-refractivity contribution in [1.29, 1.82) is 0 Å². The number of anilines is 1. The molecule has 0 spiro atoms. The summed E-state index contributed by atoms with van der Waals surface area (Å²) in [4.78, 5) is 0. The lowest BCUT2D eigenvalue weighted by Crippen LogP contribution is -2.11. The molecule has 0 unspecified atom stereocenters. The highest BCUT2D eigenvalue weighted by molar-refractivity contribution is 7.95. The Morgan fingerprint density at radius 3 is 2.53 bits per heavy atom. The molecule has 3 aromatic carbocycles. The standard InChI is InChI=1S/C24H22N2O3S/c1-2-30(27,28)25-23-11-7-6-10-21(23)17-26-15-14-20-16-22(12-13-24(20)26)29-18-19-8-4-3-5-9-19/h2-16,25H,1,17-18H2. The molecule has 0 radical (unpaired) electrons. The maximum atomic E-state index is 11.9. The number of nitrogens with one attached hydrogen (secondary N) is 1. The minimum Gasteiger partial charge on any atom is -0.489 e.